The van der Waals surface area contributed by atoms with Gasteiger partial charge in [-0.3, -0.25) is 9.89 Å². The lowest BCUT2D eigenvalue weighted by Gasteiger charge is -2.21. The molecule has 1 atom stereocenters. The van der Waals surface area contributed by atoms with Gasteiger partial charge >= 0.3 is 0 Å². The highest BCUT2D eigenvalue weighted by Gasteiger charge is 2.25. The van der Waals surface area contributed by atoms with E-state index in [9.17, 15) is 0 Å². The summed E-state index contributed by atoms with van der Waals surface area (Å²) in [7, 11) is 2.12. The molecule has 0 amide bonds. The van der Waals surface area contributed by atoms with E-state index < -0.39 is 0 Å². The lowest BCUT2D eigenvalue weighted by Crippen LogP contribution is -2.31. The number of allylic oxidation sites excluding steroid dienone is 2. The normalized spacial score (nSPS) is 24.3. The fourth-order valence-electron chi connectivity index (χ4n) is 1.77. The predicted octanol–water partition coefficient (Wildman–Crippen LogP) is 2.88. The molecule has 0 spiro atoms. The van der Waals surface area contributed by atoms with E-state index in [1.165, 1.54) is 11.3 Å². The molecule has 2 aliphatic rings. The van der Waals surface area contributed by atoms with Crippen LogP contribution in [0.15, 0.2) is 28.8 Å². The Bertz CT molecular complexity index is 298. The Kier molecular flexibility index (Phi) is 4.28. The van der Waals surface area contributed by atoms with Crippen LogP contribution in [0.2, 0.25) is 0 Å². The van der Waals surface area contributed by atoms with Crippen LogP contribution < -0.4 is 0 Å². The van der Waals surface area contributed by atoms with Gasteiger partial charge in [0.15, 0.2) is 0 Å². The first-order valence-electron chi connectivity index (χ1n) is 5.83. The zero-order valence-electron chi connectivity index (χ0n) is 10.5. The van der Waals surface area contributed by atoms with Crippen molar-refractivity contribution in [2.24, 2.45) is 10.9 Å². The van der Waals surface area contributed by atoms with Crippen LogP contribution >= 0.6 is 0 Å². The zero-order chi connectivity index (χ0) is 11.4. The number of fused-ring (bicyclic) bond motifs is 1. The average molecular weight is 206 g/mol. The first kappa shape index (κ1) is 12.2. The third-order valence-corrected chi connectivity index (χ3v) is 2.72. The van der Waals surface area contributed by atoms with Crippen molar-refractivity contribution in [2.75, 3.05) is 13.7 Å². The molecule has 0 aromatic rings. The van der Waals surface area contributed by atoms with Crippen molar-refractivity contribution in [3.63, 3.8) is 0 Å². The molecule has 1 heterocycles. The van der Waals surface area contributed by atoms with Gasteiger partial charge < -0.3 is 0 Å². The van der Waals surface area contributed by atoms with E-state index >= 15 is 0 Å². The Morgan fingerprint density at radius 1 is 1.33 bits per heavy atom. The molecule has 2 rings (SSSR count). The molecule has 1 unspecified atom stereocenters. The first-order valence-corrected chi connectivity index (χ1v) is 5.83. The Morgan fingerprint density at radius 3 is 2.60 bits per heavy atom. The summed E-state index contributed by atoms with van der Waals surface area (Å²) in [6.45, 7) is 9.30. The second-order valence-electron chi connectivity index (χ2n) is 4.08. The molecule has 0 aromatic carbocycles. The second kappa shape index (κ2) is 5.26. The van der Waals surface area contributed by atoms with Gasteiger partial charge in [-0.1, -0.05) is 39.8 Å². The summed E-state index contributed by atoms with van der Waals surface area (Å²) < 4.78 is 0. The van der Waals surface area contributed by atoms with Crippen LogP contribution in [-0.4, -0.2) is 30.4 Å². The molecule has 1 aliphatic heterocycles. The molecule has 2 heteroatoms. The summed E-state index contributed by atoms with van der Waals surface area (Å²) in [6.07, 6.45) is 6.68. The van der Waals surface area contributed by atoms with Gasteiger partial charge in [0.05, 0.1) is 18.4 Å². The third kappa shape index (κ3) is 2.57. The predicted molar refractivity (Wildman–Crippen MR) is 67.3 cm³/mol. The largest absolute Gasteiger partial charge is 0.275 e. The fourth-order valence-corrected chi connectivity index (χ4v) is 1.77. The SMILES string of the molecule is CC.CC(C)C1=CC2C(=NCN2C)C=C1. The van der Waals surface area contributed by atoms with E-state index in [1.807, 2.05) is 13.8 Å². The molecule has 0 saturated carbocycles. The van der Waals surface area contributed by atoms with Crippen LogP contribution in [0.5, 0.6) is 0 Å². The molecular formula is C13H22N2. The fraction of sp³-hybridized carbons (Fsp3) is 0.615. The smallest absolute Gasteiger partial charge is 0.0919 e. The van der Waals surface area contributed by atoms with E-state index in [0.29, 0.717) is 12.0 Å². The maximum atomic E-state index is 4.44. The maximum absolute atomic E-state index is 4.44. The van der Waals surface area contributed by atoms with Crippen LogP contribution in [0.1, 0.15) is 27.7 Å². The van der Waals surface area contributed by atoms with Gasteiger partial charge in [0.2, 0.25) is 0 Å². The van der Waals surface area contributed by atoms with Crippen molar-refractivity contribution in [2.45, 2.75) is 33.7 Å². The number of nitrogens with zero attached hydrogens (tertiary/aromatic N) is 2. The van der Waals surface area contributed by atoms with Crippen LogP contribution in [0.25, 0.3) is 0 Å². The minimum absolute atomic E-state index is 0.433. The quantitative estimate of drug-likeness (QED) is 0.644. The summed E-state index contributed by atoms with van der Waals surface area (Å²) in [5, 5.41) is 0. The maximum Gasteiger partial charge on any atom is 0.0919 e. The first-order chi connectivity index (χ1) is 7.18. The van der Waals surface area contributed by atoms with Crippen LogP contribution in [0.3, 0.4) is 0 Å². The van der Waals surface area contributed by atoms with Crippen molar-refractivity contribution in [1.29, 1.82) is 0 Å². The van der Waals surface area contributed by atoms with Gasteiger partial charge in [0, 0.05) is 0 Å². The number of rotatable bonds is 1. The molecule has 15 heavy (non-hydrogen) atoms. The molecule has 0 aromatic heterocycles. The van der Waals surface area contributed by atoms with E-state index in [4.69, 9.17) is 0 Å². The summed E-state index contributed by atoms with van der Waals surface area (Å²) >= 11 is 0. The summed E-state index contributed by atoms with van der Waals surface area (Å²) in [6, 6.07) is 0.433. The Hall–Kier alpha value is -0.890. The Morgan fingerprint density at radius 2 is 2.00 bits per heavy atom. The minimum atomic E-state index is 0.433. The Balaban J connectivity index is 0.000000531. The summed E-state index contributed by atoms with van der Waals surface area (Å²) in [5.41, 5.74) is 2.64. The van der Waals surface area contributed by atoms with Crippen molar-refractivity contribution < 1.29 is 0 Å². The van der Waals surface area contributed by atoms with Gasteiger partial charge in [-0.15, -0.1) is 0 Å². The van der Waals surface area contributed by atoms with Crippen molar-refractivity contribution in [1.82, 2.24) is 4.90 Å². The number of hydrogen-bond donors (Lipinski definition) is 0. The summed E-state index contributed by atoms with van der Waals surface area (Å²) in [5.74, 6) is 0.617. The third-order valence-electron chi connectivity index (χ3n) is 2.72. The van der Waals surface area contributed by atoms with Gasteiger partial charge in [0.1, 0.15) is 0 Å². The lowest BCUT2D eigenvalue weighted by molar-refractivity contribution is 0.369. The number of likely N-dealkylation sites (N-methyl/N-ethyl adjacent to an activating group) is 1. The summed E-state index contributed by atoms with van der Waals surface area (Å²) in [4.78, 5) is 6.71. The highest BCUT2D eigenvalue weighted by molar-refractivity contribution is 6.03. The second-order valence-corrected chi connectivity index (χ2v) is 4.08. The monoisotopic (exact) mass is 206 g/mol. The molecule has 0 radical (unpaired) electrons. The van der Waals surface area contributed by atoms with E-state index in [1.54, 1.807) is 0 Å². The number of aliphatic imine (C=N–C) groups is 1. The number of hydrogen-bond acceptors (Lipinski definition) is 2. The highest BCUT2D eigenvalue weighted by Crippen LogP contribution is 2.22. The van der Waals surface area contributed by atoms with Crippen LogP contribution in [0.4, 0.5) is 0 Å². The molecular weight excluding hydrogens is 184 g/mol. The molecule has 1 aliphatic carbocycles. The van der Waals surface area contributed by atoms with Crippen molar-refractivity contribution >= 4 is 5.71 Å². The standard InChI is InChI=1S/C11H16N2.C2H6/c1-8(2)9-4-5-10-11(6-9)13(3)7-12-10;1-2/h4-6,8,11H,7H2,1-3H3;1-2H3. The van der Waals surface area contributed by atoms with Crippen LogP contribution in [0, 0.1) is 5.92 Å². The molecule has 0 N–H and O–H groups in total. The van der Waals surface area contributed by atoms with Crippen molar-refractivity contribution in [3.05, 3.63) is 23.8 Å². The minimum Gasteiger partial charge on any atom is -0.275 e. The topological polar surface area (TPSA) is 15.6 Å². The van der Waals surface area contributed by atoms with E-state index in [-0.39, 0.29) is 0 Å². The molecule has 84 valence electrons. The van der Waals surface area contributed by atoms with Crippen LogP contribution in [-0.2, 0) is 0 Å². The zero-order valence-corrected chi connectivity index (χ0v) is 10.5. The molecule has 0 saturated heterocycles. The van der Waals surface area contributed by atoms with E-state index in [2.05, 4.69) is 49.0 Å². The van der Waals surface area contributed by atoms with E-state index in [0.717, 1.165) is 6.67 Å². The highest BCUT2D eigenvalue weighted by atomic mass is 15.2. The lowest BCUT2D eigenvalue weighted by atomic mass is 9.93. The van der Waals surface area contributed by atoms with Crippen molar-refractivity contribution in [3.8, 4) is 0 Å². The van der Waals surface area contributed by atoms with Gasteiger partial charge in [-0.05, 0) is 24.6 Å². The average Bonchev–Trinajstić information content (AvgIpc) is 2.63. The molecule has 2 nitrogen and oxygen atoms in total. The molecule has 0 bridgehead atoms. The van der Waals surface area contributed by atoms with Gasteiger partial charge in [-0.2, -0.15) is 0 Å². The Labute approximate surface area is 93.4 Å². The van der Waals surface area contributed by atoms with Gasteiger partial charge in [-0.25, -0.2) is 0 Å². The molecule has 0 fully saturated rings. The van der Waals surface area contributed by atoms with Gasteiger partial charge in [0.25, 0.3) is 0 Å².